The smallest absolute Gasteiger partial charge is 0.0643 e. The van der Waals surface area contributed by atoms with Gasteiger partial charge in [-0.3, -0.25) is 0 Å². The highest BCUT2D eigenvalue weighted by atomic mass is 16.5. The topological polar surface area (TPSA) is 9.23 Å². The molecule has 0 aromatic carbocycles. The van der Waals surface area contributed by atoms with Gasteiger partial charge >= 0.3 is 0 Å². The standard InChI is InChI=1S/C9H16O/c1-2-3-8-10-9-6-4-5-7-9/h4-5,9H,2-3,6-8H2,1H3. The van der Waals surface area contributed by atoms with E-state index in [1.807, 2.05) is 0 Å². The van der Waals surface area contributed by atoms with Crippen LogP contribution in [-0.4, -0.2) is 12.7 Å². The predicted molar refractivity (Wildman–Crippen MR) is 43.0 cm³/mol. The van der Waals surface area contributed by atoms with Crippen molar-refractivity contribution in [3.05, 3.63) is 12.2 Å². The zero-order chi connectivity index (χ0) is 7.23. The molecule has 0 heterocycles. The number of ether oxygens (including phenoxy) is 1. The van der Waals surface area contributed by atoms with Crippen molar-refractivity contribution in [1.82, 2.24) is 0 Å². The van der Waals surface area contributed by atoms with Gasteiger partial charge < -0.3 is 4.74 Å². The first-order chi connectivity index (χ1) is 4.93. The Balaban J connectivity index is 1.93. The monoisotopic (exact) mass is 140 g/mol. The van der Waals surface area contributed by atoms with Crippen molar-refractivity contribution in [2.75, 3.05) is 6.61 Å². The van der Waals surface area contributed by atoms with E-state index < -0.39 is 0 Å². The molecule has 0 fully saturated rings. The summed E-state index contributed by atoms with van der Waals surface area (Å²) in [5, 5.41) is 0. The van der Waals surface area contributed by atoms with E-state index in [0.29, 0.717) is 6.10 Å². The number of hydrogen-bond donors (Lipinski definition) is 0. The van der Waals surface area contributed by atoms with Gasteiger partial charge in [0.25, 0.3) is 0 Å². The van der Waals surface area contributed by atoms with E-state index in [2.05, 4.69) is 19.1 Å². The molecule has 1 nitrogen and oxygen atoms in total. The Labute approximate surface area is 63.1 Å². The van der Waals surface area contributed by atoms with Gasteiger partial charge in [-0.05, 0) is 19.3 Å². The molecule has 0 unspecified atom stereocenters. The van der Waals surface area contributed by atoms with Crippen LogP contribution in [0.5, 0.6) is 0 Å². The molecule has 0 aromatic heterocycles. The molecule has 1 rings (SSSR count). The van der Waals surface area contributed by atoms with Gasteiger partial charge in [-0.1, -0.05) is 25.5 Å². The van der Waals surface area contributed by atoms with Crippen molar-refractivity contribution in [3.63, 3.8) is 0 Å². The van der Waals surface area contributed by atoms with Crippen LogP contribution in [0.15, 0.2) is 12.2 Å². The Bertz CT molecular complexity index is 99.3. The zero-order valence-electron chi connectivity index (χ0n) is 6.68. The second-order valence-electron chi connectivity index (χ2n) is 2.79. The molecule has 0 amide bonds. The lowest BCUT2D eigenvalue weighted by Gasteiger charge is -2.09. The van der Waals surface area contributed by atoms with Crippen molar-refractivity contribution in [3.8, 4) is 0 Å². The zero-order valence-corrected chi connectivity index (χ0v) is 6.68. The van der Waals surface area contributed by atoms with Crippen molar-refractivity contribution >= 4 is 0 Å². The van der Waals surface area contributed by atoms with Gasteiger partial charge in [0.15, 0.2) is 0 Å². The maximum absolute atomic E-state index is 5.58. The van der Waals surface area contributed by atoms with Crippen LogP contribution in [0.3, 0.4) is 0 Å². The van der Waals surface area contributed by atoms with Gasteiger partial charge in [0.05, 0.1) is 6.10 Å². The van der Waals surface area contributed by atoms with E-state index in [1.54, 1.807) is 0 Å². The maximum atomic E-state index is 5.58. The van der Waals surface area contributed by atoms with Gasteiger partial charge in [-0.2, -0.15) is 0 Å². The van der Waals surface area contributed by atoms with Gasteiger partial charge in [-0.15, -0.1) is 0 Å². The van der Waals surface area contributed by atoms with Crippen LogP contribution in [-0.2, 0) is 4.74 Å². The summed E-state index contributed by atoms with van der Waals surface area (Å²) in [6, 6.07) is 0. The lowest BCUT2D eigenvalue weighted by atomic mass is 10.3. The van der Waals surface area contributed by atoms with Crippen LogP contribution < -0.4 is 0 Å². The molecule has 1 aliphatic carbocycles. The van der Waals surface area contributed by atoms with Gasteiger partial charge in [0.2, 0.25) is 0 Å². The largest absolute Gasteiger partial charge is 0.378 e. The first-order valence-electron chi connectivity index (χ1n) is 4.20. The van der Waals surface area contributed by atoms with Gasteiger partial charge in [0, 0.05) is 6.61 Å². The van der Waals surface area contributed by atoms with Crippen molar-refractivity contribution in [2.45, 2.75) is 38.7 Å². The molecular weight excluding hydrogens is 124 g/mol. The predicted octanol–water partition coefficient (Wildman–Crippen LogP) is 2.52. The molecule has 0 saturated carbocycles. The molecule has 0 N–H and O–H groups in total. The molecule has 10 heavy (non-hydrogen) atoms. The summed E-state index contributed by atoms with van der Waals surface area (Å²) >= 11 is 0. The lowest BCUT2D eigenvalue weighted by molar-refractivity contribution is 0.0604. The molecule has 0 aromatic rings. The van der Waals surface area contributed by atoms with Crippen molar-refractivity contribution in [1.29, 1.82) is 0 Å². The summed E-state index contributed by atoms with van der Waals surface area (Å²) in [6.07, 6.45) is 9.61. The molecule has 0 saturated heterocycles. The fourth-order valence-electron chi connectivity index (χ4n) is 1.12. The third kappa shape index (κ3) is 2.53. The first kappa shape index (κ1) is 7.80. The average Bonchev–Trinajstić information content (AvgIpc) is 2.41. The summed E-state index contributed by atoms with van der Waals surface area (Å²) in [4.78, 5) is 0. The van der Waals surface area contributed by atoms with E-state index in [0.717, 1.165) is 19.4 Å². The SMILES string of the molecule is CCCCOC1CC=CC1. The second kappa shape index (κ2) is 4.51. The summed E-state index contributed by atoms with van der Waals surface area (Å²) in [5.74, 6) is 0. The number of rotatable bonds is 4. The minimum atomic E-state index is 0.506. The van der Waals surface area contributed by atoms with Crippen LogP contribution in [0, 0.1) is 0 Å². The van der Waals surface area contributed by atoms with Crippen LogP contribution >= 0.6 is 0 Å². The van der Waals surface area contributed by atoms with Gasteiger partial charge in [-0.25, -0.2) is 0 Å². The summed E-state index contributed by atoms with van der Waals surface area (Å²) in [5.41, 5.74) is 0. The molecular formula is C9H16O. The Kier molecular flexibility index (Phi) is 3.52. The second-order valence-corrected chi connectivity index (χ2v) is 2.79. The van der Waals surface area contributed by atoms with E-state index in [1.165, 1.54) is 12.8 Å². The highest BCUT2D eigenvalue weighted by molar-refractivity contribution is 4.94. The summed E-state index contributed by atoms with van der Waals surface area (Å²) in [7, 11) is 0. The van der Waals surface area contributed by atoms with E-state index >= 15 is 0 Å². The Morgan fingerprint density at radius 3 is 2.70 bits per heavy atom. The fraction of sp³-hybridized carbons (Fsp3) is 0.778. The van der Waals surface area contributed by atoms with Gasteiger partial charge in [0.1, 0.15) is 0 Å². The molecule has 0 radical (unpaired) electrons. The molecule has 58 valence electrons. The Morgan fingerprint density at radius 1 is 1.40 bits per heavy atom. The molecule has 0 bridgehead atoms. The lowest BCUT2D eigenvalue weighted by Crippen LogP contribution is -2.08. The Morgan fingerprint density at radius 2 is 2.10 bits per heavy atom. The Hall–Kier alpha value is -0.300. The fourth-order valence-corrected chi connectivity index (χ4v) is 1.12. The molecule has 0 aliphatic heterocycles. The van der Waals surface area contributed by atoms with Crippen molar-refractivity contribution in [2.24, 2.45) is 0 Å². The van der Waals surface area contributed by atoms with Crippen LogP contribution in [0.25, 0.3) is 0 Å². The number of hydrogen-bond acceptors (Lipinski definition) is 1. The molecule has 1 aliphatic rings. The first-order valence-corrected chi connectivity index (χ1v) is 4.20. The van der Waals surface area contributed by atoms with Crippen LogP contribution in [0.1, 0.15) is 32.6 Å². The molecule has 1 heteroatoms. The quantitative estimate of drug-likeness (QED) is 0.430. The number of unbranched alkanes of at least 4 members (excludes halogenated alkanes) is 1. The van der Waals surface area contributed by atoms with E-state index in [9.17, 15) is 0 Å². The summed E-state index contributed by atoms with van der Waals surface area (Å²) in [6.45, 7) is 3.14. The minimum absolute atomic E-state index is 0.506. The summed E-state index contributed by atoms with van der Waals surface area (Å²) < 4.78 is 5.58. The minimum Gasteiger partial charge on any atom is -0.378 e. The highest BCUT2D eigenvalue weighted by Crippen LogP contribution is 2.13. The molecule has 0 spiro atoms. The normalized spacial score (nSPS) is 18.5. The van der Waals surface area contributed by atoms with Crippen LogP contribution in [0.4, 0.5) is 0 Å². The molecule has 0 atom stereocenters. The average molecular weight is 140 g/mol. The van der Waals surface area contributed by atoms with Crippen LogP contribution in [0.2, 0.25) is 0 Å². The third-order valence-electron chi connectivity index (χ3n) is 1.82. The van der Waals surface area contributed by atoms with E-state index in [-0.39, 0.29) is 0 Å². The maximum Gasteiger partial charge on any atom is 0.0643 e. The highest BCUT2D eigenvalue weighted by Gasteiger charge is 2.08. The van der Waals surface area contributed by atoms with E-state index in [4.69, 9.17) is 4.74 Å². The van der Waals surface area contributed by atoms with Crippen molar-refractivity contribution < 1.29 is 4.74 Å². The third-order valence-corrected chi connectivity index (χ3v) is 1.82.